The highest BCUT2D eigenvalue weighted by Gasteiger charge is 2.31. The molecule has 1 fully saturated rings. The van der Waals surface area contributed by atoms with E-state index in [1.54, 1.807) is 0 Å². The van der Waals surface area contributed by atoms with Crippen LogP contribution in [0.5, 0.6) is 0 Å². The minimum absolute atomic E-state index is 0.364. The Bertz CT molecular complexity index is 245. The smallest absolute Gasteiger partial charge is 0.0741 e. The first-order valence-corrected chi connectivity index (χ1v) is 7.39. The molecule has 1 saturated heterocycles. The number of unbranched alkanes of at least 4 members (excludes halogenated alkanes) is 1. The zero-order chi connectivity index (χ0) is 13.8. The van der Waals surface area contributed by atoms with Gasteiger partial charge in [0.25, 0.3) is 0 Å². The van der Waals surface area contributed by atoms with Crippen LogP contribution < -0.4 is 5.73 Å². The summed E-state index contributed by atoms with van der Waals surface area (Å²) in [5.41, 5.74) is 5.29. The van der Waals surface area contributed by atoms with Crippen LogP contribution in [-0.2, 0) is 0 Å². The van der Waals surface area contributed by atoms with Crippen molar-refractivity contribution >= 4 is 0 Å². The van der Waals surface area contributed by atoms with Crippen molar-refractivity contribution in [1.82, 2.24) is 4.90 Å². The number of likely N-dealkylation sites (tertiary alicyclic amines) is 1. The van der Waals surface area contributed by atoms with E-state index in [1.165, 1.54) is 32.5 Å². The second-order valence-corrected chi connectivity index (χ2v) is 7.31. The molecule has 2 unspecified atom stereocenters. The van der Waals surface area contributed by atoms with E-state index in [4.69, 9.17) is 5.73 Å². The van der Waals surface area contributed by atoms with Gasteiger partial charge in [-0.05, 0) is 57.0 Å². The molecule has 1 aliphatic heterocycles. The van der Waals surface area contributed by atoms with Crippen molar-refractivity contribution in [3.63, 3.8) is 0 Å². The van der Waals surface area contributed by atoms with Gasteiger partial charge in [0.15, 0.2) is 0 Å². The van der Waals surface area contributed by atoms with E-state index >= 15 is 0 Å². The molecule has 1 rings (SSSR count). The van der Waals surface area contributed by atoms with Gasteiger partial charge in [-0.15, -0.1) is 0 Å². The van der Waals surface area contributed by atoms with Crippen LogP contribution in [0.1, 0.15) is 53.4 Å². The molecule has 0 aromatic carbocycles. The summed E-state index contributed by atoms with van der Waals surface area (Å²) in [7, 11) is 0. The molecule has 0 aromatic rings. The molecule has 18 heavy (non-hydrogen) atoms. The Morgan fingerprint density at radius 2 is 1.89 bits per heavy atom. The highest BCUT2D eigenvalue weighted by Crippen LogP contribution is 2.33. The molecule has 0 bridgehead atoms. The first-order valence-electron chi connectivity index (χ1n) is 7.39. The van der Waals surface area contributed by atoms with E-state index in [0.29, 0.717) is 12.0 Å². The molecule has 3 nitrogen and oxygen atoms in total. The Labute approximate surface area is 113 Å². The minimum atomic E-state index is -0.668. The summed E-state index contributed by atoms with van der Waals surface area (Å²) in [5.74, 6) is 0.838. The van der Waals surface area contributed by atoms with Crippen molar-refractivity contribution in [2.24, 2.45) is 17.1 Å². The largest absolute Gasteiger partial charge is 0.389 e. The van der Waals surface area contributed by atoms with Crippen molar-refractivity contribution in [2.45, 2.75) is 59.0 Å². The van der Waals surface area contributed by atoms with Crippen molar-refractivity contribution in [3.05, 3.63) is 0 Å². The van der Waals surface area contributed by atoms with E-state index in [2.05, 4.69) is 25.7 Å². The van der Waals surface area contributed by atoms with Gasteiger partial charge in [-0.1, -0.05) is 20.8 Å². The van der Waals surface area contributed by atoms with Gasteiger partial charge in [0.2, 0.25) is 0 Å². The third-order valence-electron chi connectivity index (χ3n) is 4.38. The van der Waals surface area contributed by atoms with Gasteiger partial charge in [0, 0.05) is 13.1 Å². The molecule has 0 radical (unpaired) electrons. The van der Waals surface area contributed by atoms with Crippen LogP contribution in [-0.4, -0.2) is 41.8 Å². The molecule has 1 aliphatic rings. The van der Waals surface area contributed by atoms with Crippen LogP contribution in [0.15, 0.2) is 0 Å². The first kappa shape index (κ1) is 15.9. The van der Waals surface area contributed by atoms with Crippen LogP contribution >= 0.6 is 0 Å². The average molecular weight is 256 g/mol. The van der Waals surface area contributed by atoms with Gasteiger partial charge < -0.3 is 15.7 Å². The number of aliphatic hydroxyl groups is 1. The number of hydrogen-bond donors (Lipinski definition) is 2. The van der Waals surface area contributed by atoms with E-state index in [9.17, 15) is 5.11 Å². The topological polar surface area (TPSA) is 49.5 Å². The second-order valence-electron chi connectivity index (χ2n) is 7.31. The highest BCUT2D eigenvalue weighted by atomic mass is 16.3. The molecule has 3 heteroatoms. The maximum Gasteiger partial charge on any atom is 0.0741 e. The van der Waals surface area contributed by atoms with E-state index in [0.717, 1.165) is 18.8 Å². The fourth-order valence-electron chi connectivity index (χ4n) is 2.69. The van der Waals surface area contributed by atoms with Crippen LogP contribution in [0.3, 0.4) is 0 Å². The quantitative estimate of drug-likeness (QED) is 0.717. The van der Waals surface area contributed by atoms with E-state index in [1.807, 2.05) is 6.92 Å². The summed E-state index contributed by atoms with van der Waals surface area (Å²) in [4.78, 5) is 2.58. The van der Waals surface area contributed by atoms with E-state index in [-0.39, 0.29) is 0 Å². The summed E-state index contributed by atoms with van der Waals surface area (Å²) >= 11 is 0. The Kier molecular flexibility index (Phi) is 5.63. The van der Waals surface area contributed by atoms with Gasteiger partial charge in [0.1, 0.15) is 0 Å². The normalized spacial score (nSPS) is 25.3. The Morgan fingerprint density at radius 3 is 2.39 bits per heavy atom. The summed E-state index contributed by atoms with van der Waals surface area (Å²) in [6, 6.07) is 0. The molecule has 0 aliphatic carbocycles. The predicted molar refractivity (Wildman–Crippen MR) is 77.5 cm³/mol. The van der Waals surface area contributed by atoms with Gasteiger partial charge in [-0.2, -0.15) is 0 Å². The number of nitrogens with two attached hydrogens (primary N) is 1. The first-order chi connectivity index (χ1) is 8.24. The lowest BCUT2D eigenvalue weighted by molar-refractivity contribution is 0.0565. The lowest BCUT2D eigenvalue weighted by Gasteiger charge is -2.27. The summed E-state index contributed by atoms with van der Waals surface area (Å²) < 4.78 is 0. The monoisotopic (exact) mass is 256 g/mol. The Balaban J connectivity index is 2.15. The molecular weight excluding hydrogens is 224 g/mol. The summed E-state index contributed by atoms with van der Waals surface area (Å²) in [5, 5.41) is 9.83. The van der Waals surface area contributed by atoms with Crippen molar-refractivity contribution in [2.75, 3.05) is 26.2 Å². The molecule has 3 N–H and O–H groups in total. The molecule has 2 atom stereocenters. The average Bonchev–Trinajstić information content (AvgIpc) is 2.73. The fraction of sp³-hybridized carbons (Fsp3) is 1.00. The molecule has 0 aromatic heterocycles. The molecule has 1 heterocycles. The standard InChI is InChI=1S/C15H32N2O/c1-14(2,3)13-7-10-17(11-13)9-6-5-8-15(4,18)12-16/h13,18H,5-12,16H2,1-4H3. The Hall–Kier alpha value is -0.120. The number of hydrogen-bond acceptors (Lipinski definition) is 3. The molecule has 0 saturated carbocycles. The summed E-state index contributed by atoms with van der Waals surface area (Å²) in [6.45, 7) is 12.9. The van der Waals surface area contributed by atoms with Crippen LogP contribution in [0.25, 0.3) is 0 Å². The van der Waals surface area contributed by atoms with Gasteiger partial charge in [-0.25, -0.2) is 0 Å². The second kappa shape index (κ2) is 6.36. The Morgan fingerprint density at radius 1 is 1.22 bits per heavy atom. The van der Waals surface area contributed by atoms with Crippen LogP contribution in [0.2, 0.25) is 0 Å². The van der Waals surface area contributed by atoms with Gasteiger partial charge in [-0.3, -0.25) is 0 Å². The lowest BCUT2D eigenvalue weighted by Crippen LogP contribution is -2.34. The van der Waals surface area contributed by atoms with E-state index < -0.39 is 5.60 Å². The fourth-order valence-corrected chi connectivity index (χ4v) is 2.69. The maximum atomic E-state index is 9.83. The van der Waals surface area contributed by atoms with Gasteiger partial charge >= 0.3 is 0 Å². The number of rotatable bonds is 6. The predicted octanol–water partition coefficient (Wildman–Crippen LogP) is 2.23. The third kappa shape index (κ3) is 5.25. The number of nitrogens with zero attached hydrogens (tertiary/aromatic N) is 1. The highest BCUT2D eigenvalue weighted by molar-refractivity contribution is 4.83. The van der Waals surface area contributed by atoms with Crippen LogP contribution in [0, 0.1) is 11.3 Å². The van der Waals surface area contributed by atoms with Crippen molar-refractivity contribution < 1.29 is 5.11 Å². The van der Waals surface area contributed by atoms with Gasteiger partial charge in [0.05, 0.1) is 5.60 Å². The molecule has 0 amide bonds. The van der Waals surface area contributed by atoms with Crippen LogP contribution in [0.4, 0.5) is 0 Å². The lowest BCUT2D eigenvalue weighted by atomic mass is 9.80. The molecular formula is C15H32N2O. The third-order valence-corrected chi connectivity index (χ3v) is 4.38. The van der Waals surface area contributed by atoms with Crippen molar-refractivity contribution in [3.8, 4) is 0 Å². The molecule has 108 valence electrons. The van der Waals surface area contributed by atoms with Crippen molar-refractivity contribution in [1.29, 1.82) is 0 Å². The maximum absolute atomic E-state index is 9.83. The SMILES string of the molecule is CC(O)(CN)CCCCN1CCC(C(C)(C)C)C1. The molecule has 0 spiro atoms. The zero-order valence-electron chi connectivity index (χ0n) is 12.7. The summed E-state index contributed by atoms with van der Waals surface area (Å²) in [6.07, 6.45) is 4.40. The minimum Gasteiger partial charge on any atom is -0.389 e. The zero-order valence-corrected chi connectivity index (χ0v) is 12.7.